The van der Waals surface area contributed by atoms with Gasteiger partial charge in [0, 0.05) is 19.0 Å². The molecule has 116 valence electrons. The van der Waals surface area contributed by atoms with E-state index in [9.17, 15) is 4.79 Å². The topological polar surface area (TPSA) is 55.1 Å². The van der Waals surface area contributed by atoms with Crippen molar-refractivity contribution in [2.45, 2.75) is 57.4 Å². The highest BCUT2D eigenvalue weighted by atomic mass is 16.1. The maximum atomic E-state index is 11.9. The molecule has 1 amide bonds. The second kappa shape index (κ2) is 8.83. The first-order valence-corrected chi connectivity index (χ1v) is 8.33. The first-order chi connectivity index (χ1) is 10.3. The van der Waals surface area contributed by atoms with Crippen molar-refractivity contribution < 1.29 is 4.79 Å². The van der Waals surface area contributed by atoms with Crippen LogP contribution in [0.4, 0.5) is 0 Å². The molecule has 1 atom stereocenters. The maximum absolute atomic E-state index is 11.9. The van der Waals surface area contributed by atoms with E-state index in [4.69, 9.17) is 5.73 Å². The lowest BCUT2D eigenvalue weighted by atomic mass is 9.86. The third-order valence-corrected chi connectivity index (χ3v) is 4.49. The molecule has 0 aromatic heterocycles. The number of carbonyl (C=O) groups is 1. The Morgan fingerprint density at radius 3 is 2.62 bits per heavy atom. The zero-order valence-electron chi connectivity index (χ0n) is 12.9. The van der Waals surface area contributed by atoms with E-state index in [0.29, 0.717) is 13.0 Å². The van der Waals surface area contributed by atoms with Gasteiger partial charge >= 0.3 is 0 Å². The number of rotatable bonds is 7. The van der Waals surface area contributed by atoms with Gasteiger partial charge in [0.05, 0.1) is 0 Å². The summed E-state index contributed by atoms with van der Waals surface area (Å²) in [6.07, 6.45) is 9.73. The molecule has 21 heavy (non-hydrogen) atoms. The van der Waals surface area contributed by atoms with E-state index in [0.717, 1.165) is 17.9 Å². The van der Waals surface area contributed by atoms with Crippen molar-refractivity contribution in [2.75, 3.05) is 6.54 Å². The Labute approximate surface area is 128 Å². The Balaban J connectivity index is 1.59. The number of nitrogens with one attached hydrogen (secondary N) is 1. The van der Waals surface area contributed by atoms with E-state index in [1.807, 2.05) is 30.3 Å². The zero-order valence-corrected chi connectivity index (χ0v) is 12.9. The highest BCUT2D eigenvalue weighted by molar-refractivity contribution is 5.75. The fraction of sp³-hybridized carbons (Fsp3) is 0.611. The molecule has 3 nitrogen and oxygen atoms in total. The summed E-state index contributed by atoms with van der Waals surface area (Å²) in [7, 11) is 0. The van der Waals surface area contributed by atoms with Crippen molar-refractivity contribution in [3.05, 3.63) is 35.9 Å². The Morgan fingerprint density at radius 1 is 1.19 bits per heavy atom. The number of carbonyl (C=O) groups excluding carboxylic acids is 1. The summed E-state index contributed by atoms with van der Waals surface area (Å²) in [5.41, 5.74) is 7.14. The molecule has 0 heterocycles. The van der Waals surface area contributed by atoms with Crippen LogP contribution >= 0.6 is 0 Å². The van der Waals surface area contributed by atoms with Crippen LogP contribution in [-0.2, 0) is 4.79 Å². The standard InChI is InChI=1S/C18H28N2O/c19-17(16-11-5-2-6-12-16)14-20-18(21)13-7-10-15-8-3-1-4-9-15/h2,5-6,11-12,15,17H,1,3-4,7-10,13-14,19H2,(H,20,21). The molecule has 3 N–H and O–H groups in total. The van der Waals surface area contributed by atoms with Gasteiger partial charge in [-0.15, -0.1) is 0 Å². The molecule has 1 fully saturated rings. The van der Waals surface area contributed by atoms with Gasteiger partial charge < -0.3 is 11.1 Å². The summed E-state index contributed by atoms with van der Waals surface area (Å²) < 4.78 is 0. The van der Waals surface area contributed by atoms with E-state index >= 15 is 0 Å². The molecule has 0 aliphatic heterocycles. The third-order valence-electron chi connectivity index (χ3n) is 4.49. The molecule has 3 heteroatoms. The normalized spacial score (nSPS) is 17.4. The van der Waals surface area contributed by atoms with Gasteiger partial charge in [0.25, 0.3) is 0 Å². The molecule has 0 spiro atoms. The lowest BCUT2D eigenvalue weighted by Gasteiger charge is -2.21. The van der Waals surface area contributed by atoms with Crippen LogP contribution < -0.4 is 11.1 Å². The van der Waals surface area contributed by atoms with Gasteiger partial charge in [-0.3, -0.25) is 4.79 Å². The molecule has 0 radical (unpaired) electrons. The number of benzene rings is 1. The van der Waals surface area contributed by atoms with E-state index < -0.39 is 0 Å². The Kier molecular flexibility index (Phi) is 6.74. The van der Waals surface area contributed by atoms with Crippen LogP contribution in [0.5, 0.6) is 0 Å². The minimum absolute atomic E-state index is 0.117. The Morgan fingerprint density at radius 2 is 1.90 bits per heavy atom. The van der Waals surface area contributed by atoms with Gasteiger partial charge in [0.1, 0.15) is 0 Å². The molecular formula is C18H28N2O. The van der Waals surface area contributed by atoms with E-state index in [-0.39, 0.29) is 11.9 Å². The van der Waals surface area contributed by atoms with Gasteiger partial charge in [-0.05, 0) is 24.3 Å². The summed E-state index contributed by atoms with van der Waals surface area (Å²) in [5, 5.41) is 2.95. The lowest BCUT2D eigenvalue weighted by molar-refractivity contribution is -0.121. The summed E-state index contributed by atoms with van der Waals surface area (Å²) in [6, 6.07) is 9.80. The smallest absolute Gasteiger partial charge is 0.220 e. The van der Waals surface area contributed by atoms with Crippen molar-refractivity contribution in [2.24, 2.45) is 11.7 Å². The molecular weight excluding hydrogens is 260 g/mol. The number of hydrogen-bond acceptors (Lipinski definition) is 2. The Hall–Kier alpha value is -1.35. The van der Waals surface area contributed by atoms with Crippen LogP contribution in [0.15, 0.2) is 30.3 Å². The van der Waals surface area contributed by atoms with E-state index in [1.165, 1.54) is 38.5 Å². The lowest BCUT2D eigenvalue weighted by Crippen LogP contribution is -2.31. The second-order valence-corrected chi connectivity index (χ2v) is 6.22. The number of hydrogen-bond donors (Lipinski definition) is 2. The summed E-state index contributed by atoms with van der Waals surface area (Å²) in [4.78, 5) is 11.9. The van der Waals surface area contributed by atoms with Gasteiger partial charge in [-0.25, -0.2) is 0 Å². The second-order valence-electron chi connectivity index (χ2n) is 6.22. The van der Waals surface area contributed by atoms with Gasteiger partial charge in [0.2, 0.25) is 5.91 Å². The summed E-state index contributed by atoms with van der Waals surface area (Å²) >= 11 is 0. The molecule has 1 aromatic carbocycles. The Bertz CT molecular complexity index is 412. The van der Waals surface area contributed by atoms with Crippen LogP contribution in [0, 0.1) is 5.92 Å². The minimum atomic E-state index is -0.117. The summed E-state index contributed by atoms with van der Waals surface area (Å²) in [5.74, 6) is 0.996. The quantitative estimate of drug-likeness (QED) is 0.806. The molecule has 0 bridgehead atoms. The van der Waals surface area contributed by atoms with Crippen LogP contribution in [0.1, 0.15) is 63.0 Å². The predicted octanol–water partition coefficient (Wildman–Crippen LogP) is 3.55. The number of amides is 1. The SMILES string of the molecule is NC(CNC(=O)CCCC1CCCCC1)c1ccccc1. The average molecular weight is 288 g/mol. The van der Waals surface area contributed by atoms with Gasteiger partial charge in [0.15, 0.2) is 0 Å². The van der Waals surface area contributed by atoms with Gasteiger partial charge in [-0.1, -0.05) is 62.4 Å². The monoisotopic (exact) mass is 288 g/mol. The first kappa shape index (κ1) is 16.0. The van der Waals surface area contributed by atoms with Crippen LogP contribution in [0.2, 0.25) is 0 Å². The summed E-state index contributed by atoms with van der Waals surface area (Å²) in [6.45, 7) is 0.520. The van der Waals surface area contributed by atoms with Crippen molar-refractivity contribution in [3.63, 3.8) is 0 Å². The zero-order chi connectivity index (χ0) is 14.9. The molecule has 1 saturated carbocycles. The molecule has 1 aliphatic carbocycles. The molecule has 1 unspecified atom stereocenters. The molecule has 2 rings (SSSR count). The van der Waals surface area contributed by atoms with Crippen molar-refractivity contribution in [3.8, 4) is 0 Å². The van der Waals surface area contributed by atoms with E-state index in [1.54, 1.807) is 0 Å². The van der Waals surface area contributed by atoms with Crippen LogP contribution in [0.3, 0.4) is 0 Å². The molecule has 1 aromatic rings. The van der Waals surface area contributed by atoms with Crippen LogP contribution in [-0.4, -0.2) is 12.5 Å². The van der Waals surface area contributed by atoms with Crippen molar-refractivity contribution in [1.82, 2.24) is 5.32 Å². The third kappa shape index (κ3) is 5.88. The fourth-order valence-corrected chi connectivity index (χ4v) is 3.16. The van der Waals surface area contributed by atoms with Crippen molar-refractivity contribution in [1.29, 1.82) is 0 Å². The number of nitrogens with two attached hydrogens (primary N) is 1. The fourth-order valence-electron chi connectivity index (χ4n) is 3.16. The first-order valence-electron chi connectivity index (χ1n) is 8.33. The van der Waals surface area contributed by atoms with Gasteiger partial charge in [-0.2, -0.15) is 0 Å². The largest absolute Gasteiger partial charge is 0.354 e. The minimum Gasteiger partial charge on any atom is -0.354 e. The van der Waals surface area contributed by atoms with E-state index in [2.05, 4.69) is 5.32 Å². The van der Waals surface area contributed by atoms with Crippen molar-refractivity contribution >= 4 is 5.91 Å². The highest BCUT2D eigenvalue weighted by Crippen LogP contribution is 2.27. The van der Waals surface area contributed by atoms with Crippen LogP contribution in [0.25, 0.3) is 0 Å². The highest BCUT2D eigenvalue weighted by Gasteiger charge is 2.14. The molecule has 1 aliphatic rings. The predicted molar refractivity (Wildman–Crippen MR) is 86.8 cm³/mol. The average Bonchev–Trinajstić information content (AvgIpc) is 2.54. The maximum Gasteiger partial charge on any atom is 0.220 e. The molecule has 0 saturated heterocycles.